The number of nitrogens with one attached hydrogen (secondary N) is 2. The van der Waals surface area contributed by atoms with Gasteiger partial charge in [0, 0.05) is 106 Å². The number of rotatable bonds is 8. The molecule has 11 nitrogen and oxygen atoms in total. The van der Waals surface area contributed by atoms with Crippen LogP contribution in [-0.4, -0.2) is 90.5 Å². The normalized spacial score (nSPS) is 21.3. The number of carbonyl (C=O) groups excluding carboxylic acids is 3. The Morgan fingerprint density at radius 3 is 2.31 bits per heavy atom. The van der Waals surface area contributed by atoms with Crippen molar-refractivity contribution >= 4 is 52.2 Å². The minimum Gasteiger partial charge on any atom is -0.378 e. The van der Waals surface area contributed by atoms with E-state index < -0.39 is 0 Å². The smallest absolute Gasteiger partial charge is 0.328 e. The van der Waals surface area contributed by atoms with E-state index in [0.717, 1.165) is 104 Å². The van der Waals surface area contributed by atoms with Crippen molar-refractivity contribution < 1.29 is 14.4 Å². The van der Waals surface area contributed by atoms with Crippen molar-refractivity contribution in [3.63, 3.8) is 0 Å². The van der Waals surface area contributed by atoms with Crippen LogP contribution < -0.4 is 25.3 Å². The molecule has 2 atom stereocenters. The molecular formula is C43H49ClN8O3. The van der Waals surface area contributed by atoms with E-state index in [-0.39, 0.29) is 29.9 Å². The Hall–Kier alpha value is -4.97. The van der Waals surface area contributed by atoms with Gasteiger partial charge in [-0.25, -0.2) is 4.79 Å². The van der Waals surface area contributed by atoms with Gasteiger partial charge in [0.1, 0.15) is 0 Å². The van der Waals surface area contributed by atoms with E-state index in [2.05, 4.69) is 79.7 Å². The summed E-state index contributed by atoms with van der Waals surface area (Å²) in [5.74, 6) is -0.172. The Balaban J connectivity index is 0.869. The molecule has 55 heavy (non-hydrogen) atoms. The Morgan fingerprint density at radius 2 is 1.60 bits per heavy atom. The lowest BCUT2D eigenvalue weighted by Gasteiger charge is -2.43. The number of aromatic nitrogens is 1. The number of anilines is 4. The molecule has 4 aliphatic heterocycles. The molecule has 4 amide bonds. The largest absolute Gasteiger partial charge is 0.378 e. The fourth-order valence-corrected chi connectivity index (χ4v) is 9.00. The van der Waals surface area contributed by atoms with Crippen molar-refractivity contribution in [1.82, 2.24) is 20.1 Å². The van der Waals surface area contributed by atoms with E-state index in [4.69, 9.17) is 11.6 Å². The molecule has 4 aromatic rings. The van der Waals surface area contributed by atoms with Crippen molar-refractivity contribution in [3.8, 4) is 11.1 Å². The van der Waals surface area contributed by atoms with Crippen molar-refractivity contribution in [1.29, 1.82) is 0 Å². The van der Waals surface area contributed by atoms with Gasteiger partial charge in [-0.2, -0.15) is 0 Å². The predicted octanol–water partition coefficient (Wildman–Crippen LogP) is 6.93. The molecule has 5 heterocycles. The van der Waals surface area contributed by atoms with Crippen molar-refractivity contribution in [3.05, 3.63) is 101 Å². The molecule has 0 radical (unpaired) electrons. The number of piperidine rings is 1. The number of fused-ring (bicyclic) bond motifs is 1. The van der Waals surface area contributed by atoms with Crippen LogP contribution in [0.25, 0.3) is 11.1 Å². The zero-order valence-corrected chi connectivity index (χ0v) is 32.3. The Bertz CT molecular complexity index is 2030. The molecule has 286 valence electrons. The maximum absolute atomic E-state index is 12.7. The molecule has 0 aliphatic carbocycles. The zero-order chi connectivity index (χ0) is 38.1. The first kappa shape index (κ1) is 37.0. The highest BCUT2D eigenvalue weighted by molar-refractivity contribution is 6.30. The van der Waals surface area contributed by atoms with Crippen LogP contribution >= 0.6 is 11.6 Å². The molecule has 4 aliphatic rings. The minimum absolute atomic E-state index is 0.0581. The topological polar surface area (TPSA) is 104 Å². The summed E-state index contributed by atoms with van der Waals surface area (Å²) in [6.45, 7) is 10.9. The van der Waals surface area contributed by atoms with Crippen LogP contribution in [0.5, 0.6) is 0 Å². The first-order valence-electron chi connectivity index (χ1n) is 19.5. The van der Waals surface area contributed by atoms with Crippen LogP contribution in [0.3, 0.4) is 0 Å². The zero-order valence-electron chi connectivity index (χ0n) is 31.6. The second-order valence-corrected chi connectivity index (χ2v) is 15.7. The van der Waals surface area contributed by atoms with E-state index >= 15 is 0 Å². The number of pyridine rings is 1. The third kappa shape index (κ3) is 8.06. The second-order valence-electron chi connectivity index (χ2n) is 15.3. The van der Waals surface area contributed by atoms with Crippen molar-refractivity contribution in [2.24, 2.45) is 0 Å². The maximum Gasteiger partial charge on any atom is 0.328 e. The third-order valence-corrected chi connectivity index (χ3v) is 12.0. The van der Waals surface area contributed by atoms with Gasteiger partial charge in [0.25, 0.3) is 0 Å². The summed E-state index contributed by atoms with van der Waals surface area (Å²) in [4.78, 5) is 52.4. The van der Waals surface area contributed by atoms with Crippen LogP contribution in [0.1, 0.15) is 56.7 Å². The van der Waals surface area contributed by atoms with E-state index in [1.165, 1.54) is 5.69 Å². The number of piperazine rings is 1. The number of benzene rings is 3. The van der Waals surface area contributed by atoms with E-state index in [9.17, 15) is 14.4 Å². The van der Waals surface area contributed by atoms with Gasteiger partial charge < -0.3 is 15.1 Å². The maximum atomic E-state index is 12.7. The molecule has 3 fully saturated rings. The molecule has 0 bridgehead atoms. The van der Waals surface area contributed by atoms with E-state index in [0.29, 0.717) is 24.0 Å². The number of carbonyl (C=O) groups is 3. The lowest BCUT2D eigenvalue weighted by Crippen LogP contribution is -2.53. The molecule has 0 spiro atoms. The second kappa shape index (κ2) is 16.0. The third-order valence-electron chi connectivity index (χ3n) is 11.8. The summed E-state index contributed by atoms with van der Waals surface area (Å²) in [5.41, 5.74) is 8.49. The molecule has 0 saturated carbocycles. The summed E-state index contributed by atoms with van der Waals surface area (Å²) in [6.07, 6.45) is 6.89. The fraction of sp³-hybridized carbons (Fsp3) is 0.395. The molecule has 8 rings (SSSR count). The summed E-state index contributed by atoms with van der Waals surface area (Å²) < 4.78 is 0. The lowest BCUT2D eigenvalue weighted by molar-refractivity contribution is -0.120. The predicted molar refractivity (Wildman–Crippen MR) is 219 cm³/mol. The van der Waals surface area contributed by atoms with Crippen LogP contribution in [0.2, 0.25) is 5.02 Å². The summed E-state index contributed by atoms with van der Waals surface area (Å²) >= 11 is 6.16. The molecule has 2 N–H and O–H groups in total. The van der Waals surface area contributed by atoms with Crippen LogP contribution in [0.4, 0.5) is 27.5 Å². The highest BCUT2D eigenvalue weighted by Crippen LogP contribution is 2.41. The van der Waals surface area contributed by atoms with E-state index in [1.807, 2.05) is 35.2 Å². The molecule has 12 heteroatoms. The fourth-order valence-electron chi connectivity index (χ4n) is 8.87. The molecule has 3 saturated heterocycles. The van der Waals surface area contributed by atoms with Gasteiger partial charge in [-0.1, -0.05) is 29.8 Å². The Kier molecular flexibility index (Phi) is 10.8. The van der Waals surface area contributed by atoms with Crippen LogP contribution in [-0.2, 0) is 16.1 Å². The quantitative estimate of drug-likeness (QED) is 0.199. The first-order valence-corrected chi connectivity index (χ1v) is 19.9. The number of hydrogen-bond donors (Lipinski definition) is 2. The lowest BCUT2D eigenvalue weighted by atomic mass is 9.89. The van der Waals surface area contributed by atoms with Crippen molar-refractivity contribution in [2.45, 2.75) is 64.2 Å². The van der Waals surface area contributed by atoms with Crippen molar-refractivity contribution in [2.75, 3.05) is 65.8 Å². The molecule has 2 unspecified atom stereocenters. The summed E-state index contributed by atoms with van der Waals surface area (Å²) in [6, 6.07) is 25.6. The first-order chi connectivity index (χ1) is 26.7. The highest BCUT2D eigenvalue weighted by Gasteiger charge is 2.33. The average Bonchev–Trinajstić information content (AvgIpc) is 3.19. The van der Waals surface area contributed by atoms with Gasteiger partial charge >= 0.3 is 6.03 Å². The highest BCUT2D eigenvalue weighted by atomic mass is 35.5. The van der Waals surface area contributed by atoms with E-state index in [1.54, 1.807) is 24.2 Å². The monoisotopic (exact) mass is 760 g/mol. The summed E-state index contributed by atoms with van der Waals surface area (Å²) in [5, 5.41) is 6.84. The van der Waals surface area contributed by atoms with Gasteiger partial charge in [-0.3, -0.25) is 34.6 Å². The van der Waals surface area contributed by atoms with Gasteiger partial charge in [0.15, 0.2) is 0 Å². The van der Waals surface area contributed by atoms with Gasteiger partial charge in [-0.05, 0) is 103 Å². The minimum atomic E-state index is -0.373. The Labute approximate surface area is 328 Å². The number of amides is 4. The van der Waals surface area contributed by atoms with Crippen LogP contribution in [0.15, 0.2) is 85.2 Å². The number of imide groups is 1. The summed E-state index contributed by atoms with van der Waals surface area (Å²) in [7, 11) is 0. The van der Waals surface area contributed by atoms with Gasteiger partial charge in [-0.15, -0.1) is 0 Å². The number of urea groups is 1. The number of hydrogen-bond acceptors (Lipinski definition) is 8. The van der Waals surface area contributed by atoms with Crippen LogP contribution in [0, 0.1) is 0 Å². The SMILES string of the molecule is CC(=O)N1c2ccc(-c3ccc(N4CCC(N5CCN(Cc6ccncc6N6CCC(=O)NC6=O)CC5)CC4)cc3)cc2C(Nc2ccc(Cl)cc2)CC1C. The Morgan fingerprint density at radius 1 is 0.873 bits per heavy atom. The molecular weight excluding hydrogens is 712 g/mol. The average molecular weight is 761 g/mol. The molecule has 3 aromatic carbocycles. The van der Waals surface area contributed by atoms with Gasteiger partial charge in [0.05, 0.1) is 17.9 Å². The number of nitrogens with zero attached hydrogens (tertiary/aromatic N) is 6. The molecule has 1 aromatic heterocycles. The number of halogens is 1. The standard InChI is InChI=1S/C43H49ClN8O3/c1-29-25-39(46-35-8-6-34(44)7-9-35)38-26-32(5-12-40(38)52(29)30(2)53)31-3-10-36(11-4-31)49-18-14-37(15-19-49)50-23-21-48(22-24-50)28-33-13-17-45-27-41(33)51-20-16-42(54)47-43(51)55/h3-13,17,26-27,29,37,39,46H,14-16,18-25,28H2,1-2H3,(H,47,54,55). The van der Waals surface area contributed by atoms with Gasteiger partial charge in [0.2, 0.25) is 11.8 Å².